The smallest absolute Gasteiger partial charge is 0.328 e. The van der Waals surface area contributed by atoms with Crippen molar-refractivity contribution in [3.05, 3.63) is 48.0 Å². The van der Waals surface area contributed by atoms with Gasteiger partial charge in [-0.2, -0.15) is 0 Å². The Morgan fingerprint density at radius 3 is 2.33 bits per heavy atom. The lowest BCUT2D eigenvalue weighted by Crippen LogP contribution is -2.41. The minimum Gasteiger partial charge on any atom is -0.478 e. The zero-order valence-corrected chi connectivity index (χ0v) is 9.42. The number of carbonyl (C=O) groups excluding carboxylic acids is 2. The van der Waals surface area contributed by atoms with Gasteiger partial charge in [0.25, 0.3) is 5.91 Å². The van der Waals surface area contributed by atoms with Crippen molar-refractivity contribution >= 4 is 17.8 Å². The van der Waals surface area contributed by atoms with E-state index in [9.17, 15) is 14.4 Å². The number of aliphatic carboxylic acids is 1. The van der Waals surface area contributed by atoms with Crippen LogP contribution < -0.4 is 10.9 Å². The standard InChI is InChI=1S/C12H12N2O4/c15-10(6-7-12(17)18)13-14-11(16)8-9-4-2-1-3-5-9/h1-7H,8H2,(H,13,15)(H,14,16)(H,17,18)/b7-6-. The second kappa shape index (κ2) is 6.85. The number of carboxylic acid groups (broad SMARTS) is 1. The molecule has 0 aromatic heterocycles. The predicted octanol–water partition coefficient (Wildman–Crippen LogP) is 0.0173. The summed E-state index contributed by atoms with van der Waals surface area (Å²) in [5, 5.41) is 8.28. The second-order valence-corrected chi connectivity index (χ2v) is 3.37. The number of hydrogen-bond donors (Lipinski definition) is 3. The minimum atomic E-state index is -1.24. The van der Waals surface area contributed by atoms with E-state index >= 15 is 0 Å². The van der Waals surface area contributed by atoms with E-state index in [1.54, 1.807) is 24.3 Å². The normalized spacial score (nSPS) is 10.0. The molecule has 94 valence electrons. The lowest BCUT2D eigenvalue weighted by atomic mass is 10.1. The van der Waals surface area contributed by atoms with Crippen molar-refractivity contribution < 1.29 is 19.5 Å². The summed E-state index contributed by atoms with van der Waals surface area (Å²) in [6, 6.07) is 9.00. The van der Waals surface area contributed by atoms with Crippen LogP contribution in [-0.4, -0.2) is 22.9 Å². The Hall–Kier alpha value is -2.63. The van der Waals surface area contributed by atoms with E-state index < -0.39 is 17.8 Å². The van der Waals surface area contributed by atoms with Crippen LogP contribution in [0.25, 0.3) is 0 Å². The van der Waals surface area contributed by atoms with Crippen molar-refractivity contribution in [2.45, 2.75) is 6.42 Å². The zero-order chi connectivity index (χ0) is 13.4. The Labute approximate surface area is 103 Å². The second-order valence-electron chi connectivity index (χ2n) is 3.37. The highest BCUT2D eigenvalue weighted by molar-refractivity contribution is 5.94. The molecule has 0 heterocycles. The van der Waals surface area contributed by atoms with E-state index in [0.29, 0.717) is 6.08 Å². The topological polar surface area (TPSA) is 95.5 Å². The molecule has 18 heavy (non-hydrogen) atoms. The zero-order valence-electron chi connectivity index (χ0n) is 9.42. The first-order valence-electron chi connectivity index (χ1n) is 5.11. The maximum Gasteiger partial charge on any atom is 0.328 e. The monoisotopic (exact) mass is 248 g/mol. The maximum absolute atomic E-state index is 11.4. The van der Waals surface area contributed by atoms with Crippen LogP contribution in [0.1, 0.15) is 5.56 Å². The third-order valence-corrected chi connectivity index (χ3v) is 1.91. The van der Waals surface area contributed by atoms with Gasteiger partial charge in [-0.3, -0.25) is 20.4 Å². The first kappa shape index (κ1) is 13.4. The van der Waals surface area contributed by atoms with Gasteiger partial charge in [-0.25, -0.2) is 4.79 Å². The number of amides is 2. The molecule has 0 unspecified atom stereocenters. The highest BCUT2D eigenvalue weighted by Gasteiger charge is 2.03. The number of nitrogens with one attached hydrogen (secondary N) is 2. The molecule has 0 aliphatic carbocycles. The molecule has 0 fully saturated rings. The predicted molar refractivity (Wildman–Crippen MR) is 63.2 cm³/mol. The largest absolute Gasteiger partial charge is 0.478 e. The van der Waals surface area contributed by atoms with Crippen LogP contribution in [0.5, 0.6) is 0 Å². The van der Waals surface area contributed by atoms with Gasteiger partial charge in [0.15, 0.2) is 0 Å². The van der Waals surface area contributed by atoms with Crippen LogP contribution in [0.4, 0.5) is 0 Å². The lowest BCUT2D eigenvalue weighted by Gasteiger charge is -2.04. The van der Waals surface area contributed by atoms with E-state index in [1.165, 1.54) is 0 Å². The molecule has 0 spiro atoms. The average molecular weight is 248 g/mol. The molecule has 0 aliphatic heterocycles. The fraction of sp³-hybridized carbons (Fsp3) is 0.0833. The molecular formula is C12H12N2O4. The van der Waals surface area contributed by atoms with Crippen LogP contribution in [0, 0.1) is 0 Å². The Kier molecular flexibility index (Phi) is 5.11. The number of rotatable bonds is 4. The van der Waals surface area contributed by atoms with Crippen LogP contribution in [-0.2, 0) is 20.8 Å². The number of benzene rings is 1. The fourth-order valence-electron chi connectivity index (χ4n) is 1.15. The molecular weight excluding hydrogens is 236 g/mol. The fourth-order valence-corrected chi connectivity index (χ4v) is 1.15. The van der Waals surface area contributed by atoms with Crippen LogP contribution in [0.3, 0.4) is 0 Å². The molecule has 1 aromatic rings. The SMILES string of the molecule is O=C(O)/C=C\C(=O)NNC(=O)Cc1ccccc1. The Morgan fingerprint density at radius 1 is 1.06 bits per heavy atom. The Balaban J connectivity index is 2.34. The van der Waals surface area contributed by atoms with E-state index in [-0.39, 0.29) is 6.42 Å². The first-order valence-corrected chi connectivity index (χ1v) is 5.11. The highest BCUT2D eigenvalue weighted by atomic mass is 16.4. The summed E-state index contributed by atoms with van der Waals surface area (Å²) >= 11 is 0. The average Bonchev–Trinajstić information content (AvgIpc) is 2.35. The molecule has 1 aromatic carbocycles. The molecule has 0 atom stereocenters. The van der Waals surface area contributed by atoms with Crippen LogP contribution in [0.2, 0.25) is 0 Å². The molecule has 0 saturated carbocycles. The van der Waals surface area contributed by atoms with Gasteiger partial charge in [-0.15, -0.1) is 0 Å². The third kappa shape index (κ3) is 5.45. The van der Waals surface area contributed by atoms with E-state index in [4.69, 9.17) is 5.11 Å². The summed E-state index contributed by atoms with van der Waals surface area (Å²) < 4.78 is 0. The van der Waals surface area contributed by atoms with Gasteiger partial charge in [0.1, 0.15) is 0 Å². The molecule has 1 rings (SSSR count). The van der Waals surface area contributed by atoms with Crippen molar-refractivity contribution in [1.82, 2.24) is 10.9 Å². The number of carbonyl (C=O) groups is 3. The van der Waals surface area contributed by atoms with Crippen LogP contribution in [0.15, 0.2) is 42.5 Å². The van der Waals surface area contributed by atoms with Crippen molar-refractivity contribution in [2.24, 2.45) is 0 Å². The maximum atomic E-state index is 11.4. The molecule has 0 bridgehead atoms. The van der Waals surface area contributed by atoms with Crippen molar-refractivity contribution in [3.8, 4) is 0 Å². The van der Waals surface area contributed by atoms with Gasteiger partial charge in [0.05, 0.1) is 6.42 Å². The minimum absolute atomic E-state index is 0.129. The van der Waals surface area contributed by atoms with Gasteiger partial charge < -0.3 is 5.11 Å². The van der Waals surface area contributed by atoms with E-state index in [2.05, 4.69) is 10.9 Å². The first-order chi connectivity index (χ1) is 8.58. The molecule has 0 saturated heterocycles. The number of carboxylic acids is 1. The summed E-state index contributed by atoms with van der Waals surface area (Å²) in [4.78, 5) is 32.5. The molecule has 6 heteroatoms. The molecule has 3 N–H and O–H groups in total. The van der Waals surface area contributed by atoms with Crippen molar-refractivity contribution in [3.63, 3.8) is 0 Å². The van der Waals surface area contributed by atoms with E-state index in [0.717, 1.165) is 11.6 Å². The third-order valence-electron chi connectivity index (χ3n) is 1.91. The molecule has 6 nitrogen and oxygen atoms in total. The Morgan fingerprint density at radius 2 is 1.72 bits per heavy atom. The Bertz CT molecular complexity index is 468. The quantitative estimate of drug-likeness (QED) is 0.517. The van der Waals surface area contributed by atoms with Gasteiger partial charge in [-0.05, 0) is 5.56 Å². The summed E-state index contributed by atoms with van der Waals surface area (Å²) in [7, 11) is 0. The van der Waals surface area contributed by atoms with Gasteiger partial charge >= 0.3 is 5.97 Å². The van der Waals surface area contributed by atoms with Crippen LogP contribution >= 0.6 is 0 Å². The van der Waals surface area contributed by atoms with Crippen molar-refractivity contribution in [1.29, 1.82) is 0 Å². The number of hydrogen-bond acceptors (Lipinski definition) is 3. The van der Waals surface area contributed by atoms with Gasteiger partial charge in [-0.1, -0.05) is 30.3 Å². The lowest BCUT2D eigenvalue weighted by molar-refractivity contribution is -0.131. The summed E-state index contributed by atoms with van der Waals surface area (Å²) in [5.74, 6) is -2.34. The summed E-state index contributed by atoms with van der Waals surface area (Å²) in [6.45, 7) is 0. The number of hydrazine groups is 1. The summed E-state index contributed by atoms with van der Waals surface area (Å²) in [6.07, 6.45) is 1.62. The van der Waals surface area contributed by atoms with Gasteiger partial charge in [0.2, 0.25) is 5.91 Å². The molecule has 0 aliphatic rings. The molecule has 0 radical (unpaired) electrons. The van der Waals surface area contributed by atoms with E-state index in [1.807, 2.05) is 6.07 Å². The van der Waals surface area contributed by atoms with Gasteiger partial charge in [0, 0.05) is 12.2 Å². The molecule has 2 amide bonds. The summed E-state index contributed by atoms with van der Waals surface area (Å²) in [5.41, 5.74) is 5.05. The highest BCUT2D eigenvalue weighted by Crippen LogP contribution is 1.98. The van der Waals surface area contributed by atoms with Crippen molar-refractivity contribution in [2.75, 3.05) is 0 Å².